The van der Waals surface area contributed by atoms with E-state index in [4.69, 9.17) is 11.6 Å². The molecule has 0 aliphatic carbocycles. The zero-order valence-electron chi connectivity index (χ0n) is 15.5. The second-order valence-electron chi connectivity index (χ2n) is 6.38. The van der Waals surface area contributed by atoms with Gasteiger partial charge in [0.05, 0.1) is 33.2 Å². The van der Waals surface area contributed by atoms with Crippen molar-refractivity contribution in [2.24, 2.45) is 7.05 Å². The first-order valence-corrected chi connectivity index (χ1v) is 10.1. The Kier molecular flexibility index (Phi) is 5.33. The Morgan fingerprint density at radius 1 is 1.10 bits per heavy atom. The van der Waals surface area contributed by atoms with Crippen molar-refractivity contribution < 1.29 is 9.59 Å². The van der Waals surface area contributed by atoms with Crippen LogP contribution in [0, 0.1) is 0 Å². The standard InChI is InChI=1S/C21H17ClN4O2S/c1-26-17-6-3-2-5-15(17)24-19(26)12-23-20(27)13-8-9-14(22)16(11-13)25-21(28)18-7-4-10-29-18/h2-11H,12H2,1H3,(H,23,27)(H,25,28). The van der Waals surface area contributed by atoms with Crippen LogP contribution in [0.3, 0.4) is 0 Å². The lowest BCUT2D eigenvalue weighted by Crippen LogP contribution is -2.24. The highest BCUT2D eigenvalue weighted by molar-refractivity contribution is 7.12. The number of imidazole rings is 1. The first-order chi connectivity index (χ1) is 14.0. The minimum absolute atomic E-state index is 0.265. The molecule has 0 spiro atoms. The molecule has 2 aromatic carbocycles. The van der Waals surface area contributed by atoms with Gasteiger partial charge < -0.3 is 15.2 Å². The van der Waals surface area contributed by atoms with Crippen LogP contribution in [0.4, 0.5) is 5.69 Å². The Balaban J connectivity index is 1.48. The zero-order valence-corrected chi connectivity index (χ0v) is 17.1. The molecule has 2 aromatic heterocycles. The molecule has 2 heterocycles. The van der Waals surface area contributed by atoms with Crippen LogP contribution in [0.15, 0.2) is 60.0 Å². The van der Waals surface area contributed by atoms with Crippen molar-refractivity contribution in [2.45, 2.75) is 6.54 Å². The molecule has 8 heteroatoms. The van der Waals surface area contributed by atoms with Gasteiger partial charge in [-0.25, -0.2) is 4.98 Å². The normalized spacial score (nSPS) is 10.8. The van der Waals surface area contributed by atoms with Crippen molar-refractivity contribution in [2.75, 3.05) is 5.32 Å². The fourth-order valence-electron chi connectivity index (χ4n) is 2.97. The van der Waals surface area contributed by atoms with Crippen molar-refractivity contribution in [3.63, 3.8) is 0 Å². The highest BCUT2D eigenvalue weighted by Gasteiger charge is 2.14. The number of fused-ring (bicyclic) bond motifs is 1. The smallest absolute Gasteiger partial charge is 0.265 e. The number of aryl methyl sites for hydroxylation is 1. The summed E-state index contributed by atoms with van der Waals surface area (Å²) in [6.07, 6.45) is 0. The number of benzene rings is 2. The zero-order chi connectivity index (χ0) is 20.4. The van der Waals surface area contributed by atoms with E-state index in [1.54, 1.807) is 30.3 Å². The van der Waals surface area contributed by atoms with Crippen LogP contribution in [-0.2, 0) is 13.6 Å². The highest BCUT2D eigenvalue weighted by Crippen LogP contribution is 2.24. The van der Waals surface area contributed by atoms with Crippen LogP contribution in [0.2, 0.25) is 5.02 Å². The van der Waals surface area contributed by atoms with E-state index in [2.05, 4.69) is 15.6 Å². The quantitative estimate of drug-likeness (QED) is 0.496. The first kappa shape index (κ1) is 19.2. The summed E-state index contributed by atoms with van der Waals surface area (Å²) >= 11 is 7.52. The number of hydrogen-bond donors (Lipinski definition) is 2. The number of carbonyl (C=O) groups excluding carboxylic acids is 2. The molecule has 0 unspecified atom stereocenters. The molecule has 29 heavy (non-hydrogen) atoms. The van der Waals surface area contributed by atoms with E-state index in [1.807, 2.05) is 41.3 Å². The van der Waals surface area contributed by atoms with E-state index in [0.29, 0.717) is 21.2 Å². The molecule has 0 atom stereocenters. The van der Waals surface area contributed by atoms with Crippen LogP contribution in [0.1, 0.15) is 25.9 Å². The van der Waals surface area contributed by atoms with Crippen LogP contribution >= 0.6 is 22.9 Å². The van der Waals surface area contributed by atoms with Crippen molar-refractivity contribution in [3.8, 4) is 0 Å². The third-order valence-electron chi connectivity index (χ3n) is 4.51. The third kappa shape index (κ3) is 4.01. The average molecular weight is 425 g/mol. The molecule has 6 nitrogen and oxygen atoms in total. The van der Waals surface area contributed by atoms with E-state index in [1.165, 1.54) is 11.3 Å². The molecule has 0 saturated carbocycles. The SMILES string of the molecule is Cn1c(CNC(=O)c2ccc(Cl)c(NC(=O)c3cccs3)c2)nc2ccccc21. The summed E-state index contributed by atoms with van der Waals surface area (Å²) in [5.74, 6) is 0.208. The molecule has 0 bridgehead atoms. The Labute approximate surface area is 176 Å². The van der Waals surface area contributed by atoms with Gasteiger partial charge in [0.2, 0.25) is 0 Å². The van der Waals surface area contributed by atoms with Gasteiger partial charge in [-0.05, 0) is 41.8 Å². The van der Waals surface area contributed by atoms with Gasteiger partial charge in [0.25, 0.3) is 11.8 Å². The van der Waals surface area contributed by atoms with E-state index in [9.17, 15) is 9.59 Å². The van der Waals surface area contributed by atoms with Crippen molar-refractivity contribution in [1.82, 2.24) is 14.9 Å². The summed E-state index contributed by atoms with van der Waals surface area (Å²) in [5.41, 5.74) is 2.67. The topological polar surface area (TPSA) is 76.0 Å². The molecule has 0 aliphatic heterocycles. The molecular weight excluding hydrogens is 408 g/mol. The maximum Gasteiger partial charge on any atom is 0.265 e. The van der Waals surface area contributed by atoms with Crippen LogP contribution < -0.4 is 10.6 Å². The summed E-state index contributed by atoms with van der Waals surface area (Å²) in [5, 5.41) is 7.80. The lowest BCUT2D eigenvalue weighted by molar-refractivity contribution is 0.0948. The Morgan fingerprint density at radius 2 is 1.93 bits per heavy atom. The summed E-state index contributed by atoms with van der Waals surface area (Å²) in [7, 11) is 1.91. The number of nitrogens with one attached hydrogen (secondary N) is 2. The number of thiophene rings is 1. The molecule has 146 valence electrons. The maximum absolute atomic E-state index is 12.6. The molecule has 4 aromatic rings. The van der Waals surface area contributed by atoms with E-state index >= 15 is 0 Å². The van der Waals surface area contributed by atoms with Gasteiger partial charge in [-0.1, -0.05) is 29.8 Å². The minimum Gasteiger partial charge on any atom is -0.345 e. The summed E-state index contributed by atoms with van der Waals surface area (Å²) in [6.45, 7) is 0.281. The molecular formula is C21H17ClN4O2S. The van der Waals surface area contributed by atoms with Gasteiger partial charge in [-0.3, -0.25) is 9.59 Å². The molecule has 2 amide bonds. The molecule has 0 aliphatic rings. The number of carbonyl (C=O) groups is 2. The fourth-order valence-corrected chi connectivity index (χ4v) is 3.75. The number of halogens is 1. The average Bonchev–Trinajstić information content (AvgIpc) is 3.37. The van der Waals surface area contributed by atoms with Crippen LogP contribution in [0.5, 0.6) is 0 Å². The van der Waals surface area contributed by atoms with Gasteiger partial charge in [-0.2, -0.15) is 0 Å². The third-order valence-corrected chi connectivity index (χ3v) is 5.71. The van der Waals surface area contributed by atoms with E-state index < -0.39 is 0 Å². The number of anilines is 1. The van der Waals surface area contributed by atoms with Gasteiger partial charge in [0.1, 0.15) is 5.82 Å². The summed E-state index contributed by atoms with van der Waals surface area (Å²) in [4.78, 5) is 30.0. The van der Waals surface area contributed by atoms with Crippen LogP contribution in [-0.4, -0.2) is 21.4 Å². The number of rotatable bonds is 5. The summed E-state index contributed by atoms with van der Waals surface area (Å²) in [6, 6.07) is 16.1. The Hall–Kier alpha value is -3.16. The number of hydrogen-bond acceptors (Lipinski definition) is 4. The van der Waals surface area contributed by atoms with Gasteiger partial charge in [-0.15, -0.1) is 11.3 Å². The van der Waals surface area contributed by atoms with Gasteiger partial charge in [0.15, 0.2) is 0 Å². The lowest BCUT2D eigenvalue weighted by atomic mass is 10.2. The number of amides is 2. The molecule has 0 radical (unpaired) electrons. The lowest BCUT2D eigenvalue weighted by Gasteiger charge is -2.10. The highest BCUT2D eigenvalue weighted by atomic mass is 35.5. The second kappa shape index (κ2) is 8.06. The Bertz CT molecular complexity index is 1200. The molecule has 0 fully saturated rings. The van der Waals surface area contributed by atoms with Gasteiger partial charge in [0, 0.05) is 12.6 Å². The fraction of sp³-hybridized carbons (Fsp3) is 0.0952. The second-order valence-corrected chi connectivity index (χ2v) is 7.74. The van der Waals surface area contributed by atoms with Crippen molar-refractivity contribution in [1.29, 1.82) is 0 Å². The van der Waals surface area contributed by atoms with E-state index in [-0.39, 0.29) is 18.4 Å². The van der Waals surface area contributed by atoms with Gasteiger partial charge >= 0.3 is 0 Å². The molecule has 4 rings (SSSR count). The number of nitrogens with zero attached hydrogens (tertiary/aromatic N) is 2. The van der Waals surface area contributed by atoms with E-state index in [0.717, 1.165) is 16.9 Å². The minimum atomic E-state index is -0.277. The predicted octanol–water partition coefficient (Wildman–Crippen LogP) is 4.47. The van der Waals surface area contributed by atoms with Crippen molar-refractivity contribution >= 4 is 51.5 Å². The molecule has 2 N–H and O–H groups in total. The number of para-hydroxylation sites is 2. The largest absolute Gasteiger partial charge is 0.345 e. The summed E-state index contributed by atoms with van der Waals surface area (Å²) < 4.78 is 1.95. The van der Waals surface area contributed by atoms with Crippen LogP contribution in [0.25, 0.3) is 11.0 Å². The Morgan fingerprint density at radius 3 is 2.69 bits per heavy atom. The first-order valence-electron chi connectivity index (χ1n) is 8.86. The predicted molar refractivity (Wildman–Crippen MR) is 116 cm³/mol. The number of aromatic nitrogens is 2. The maximum atomic E-state index is 12.6. The molecule has 0 saturated heterocycles. The monoisotopic (exact) mass is 424 g/mol. The van der Waals surface area contributed by atoms with Crippen molar-refractivity contribution in [3.05, 3.63) is 81.3 Å².